The van der Waals surface area contributed by atoms with Crippen LogP contribution in [0.4, 0.5) is 4.79 Å². The van der Waals surface area contributed by atoms with Gasteiger partial charge in [-0.15, -0.1) is 0 Å². The van der Waals surface area contributed by atoms with Gasteiger partial charge in [0.2, 0.25) is 5.91 Å². The summed E-state index contributed by atoms with van der Waals surface area (Å²) in [5.74, 6) is 0.212. The minimum absolute atomic E-state index is 0.0236. The van der Waals surface area contributed by atoms with E-state index in [0.29, 0.717) is 19.6 Å². The van der Waals surface area contributed by atoms with Crippen LogP contribution in [0.25, 0.3) is 0 Å². The number of hydrogen-bond donors (Lipinski definition) is 1. The van der Waals surface area contributed by atoms with Crippen LogP contribution >= 0.6 is 0 Å². The molecule has 24 heavy (non-hydrogen) atoms. The number of nitrogens with one attached hydrogen (secondary N) is 1. The highest BCUT2D eigenvalue weighted by molar-refractivity contribution is 5.79. The molecule has 6 nitrogen and oxygen atoms in total. The highest BCUT2D eigenvalue weighted by atomic mass is 16.2. The van der Waals surface area contributed by atoms with Crippen LogP contribution in [0, 0.1) is 5.92 Å². The van der Waals surface area contributed by atoms with Gasteiger partial charge in [0.1, 0.15) is 0 Å². The number of likely N-dealkylation sites (tertiary alicyclic amines) is 1. The Bertz CT molecular complexity index is 539. The quantitative estimate of drug-likeness (QED) is 0.896. The monoisotopic (exact) mass is 332 g/mol. The number of rotatable bonds is 5. The smallest absolute Gasteiger partial charge is 0.317 e. The number of amides is 3. The van der Waals surface area contributed by atoms with E-state index in [2.05, 4.69) is 10.3 Å². The van der Waals surface area contributed by atoms with Gasteiger partial charge in [0.05, 0.1) is 0 Å². The molecular formula is C18H28N4O2. The molecule has 3 amide bonds. The highest BCUT2D eigenvalue weighted by Gasteiger charge is 2.29. The second kappa shape index (κ2) is 8.66. The number of carbonyl (C=O) groups excluding carboxylic acids is 2. The summed E-state index contributed by atoms with van der Waals surface area (Å²) >= 11 is 0. The molecule has 2 heterocycles. The molecule has 1 saturated heterocycles. The lowest BCUT2D eigenvalue weighted by atomic mass is 9.95. The number of nitrogens with zero attached hydrogens (tertiary/aromatic N) is 3. The molecule has 1 aliphatic rings. The average Bonchev–Trinajstić information content (AvgIpc) is 2.59. The van der Waals surface area contributed by atoms with Crippen molar-refractivity contribution in [3.63, 3.8) is 0 Å². The second-order valence-corrected chi connectivity index (χ2v) is 6.73. The predicted octanol–water partition coefficient (Wildman–Crippen LogP) is 1.91. The summed E-state index contributed by atoms with van der Waals surface area (Å²) in [7, 11) is 1.86. The first-order valence-corrected chi connectivity index (χ1v) is 8.66. The zero-order valence-electron chi connectivity index (χ0n) is 14.9. The molecule has 0 radical (unpaired) electrons. The number of likely N-dealkylation sites (N-methyl/N-ethyl adjacent to an activating group) is 1. The Labute approximate surface area is 144 Å². The molecule has 1 aliphatic heterocycles. The van der Waals surface area contributed by atoms with Gasteiger partial charge in [-0.05, 0) is 50.8 Å². The fourth-order valence-electron chi connectivity index (χ4n) is 2.94. The molecule has 0 spiro atoms. The fourth-order valence-corrected chi connectivity index (χ4v) is 2.94. The summed E-state index contributed by atoms with van der Waals surface area (Å²) in [6.45, 7) is 5.90. The summed E-state index contributed by atoms with van der Waals surface area (Å²) in [5.41, 5.74) is 1.19. The van der Waals surface area contributed by atoms with Gasteiger partial charge in [-0.25, -0.2) is 4.79 Å². The van der Waals surface area contributed by atoms with E-state index in [4.69, 9.17) is 0 Å². The zero-order chi connectivity index (χ0) is 17.5. The Morgan fingerprint density at radius 3 is 2.50 bits per heavy atom. The van der Waals surface area contributed by atoms with E-state index in [1.165, 1.54) is 5.56 Å². The summed E-state index contributed by atoms with van der Waals surface area (Å²) < 4.78 is 0. The van der Waals surface area contributed by atoms with Crippen LogP contribution in [0.5, 0.6) is 0 Å². The van der Waals surface area contributed by atoms with Crippen molar-refractivity contribution in [3.05, 3.63) is 30.1 Å². The maximum absolute atomic E-state index is 12.6. The molecule has 0 aromatic carbocycles. The Hall–Kier alpha value is -2.11. The molecule has 1 aromatic heterocycles. The van der Waals surface area contributed by atoms with E-state index in [1.54, 1.807) is 17.3 Å². The van der Waals surface area contributed by atoms with Gasteiger partial charge in [-0.2, -0.15) is 0 Å². The summed E-state index contributed by atoms with van der Waals surface area (Å²) in [6.07, 6.45) is 5.86. The lowest BCUT2D eigenvalue weighted by Gasteiger charge is -2.33. The Morgan fingerprint density at radius 1 is 1.29 bits per heavy atom. The van der Waals surface area contributed by atoms with E-state index in [-0.39, 0.29) is 23.9 Å². The summed E-state index contributed by atoms with van der Waals surface area (Å²) in [5, 5.41) is 2.90. The van der Waals surface area contributed by atoms with Gasteiger partial charge in [-0.1, -0.05) is 0 Å². The molecular weight excluding hydrogens is 304 g/mol. The van der Waals surface area contributed by atoms with Gasteiger partial charge in [0.15, 0.2) is 0 Å². The summed E-state index contributed by atoms with van der Waals surface area (Å²) in [4.78, 5) is 32.2. The third kappa shape index (κ3) is 5.22. The maximum atomic E-state index is 12.6. The molecule has 2 rings (SSSR count). The third-order valence-corrected chi connectivity index (χ3v) is 4.41. The van der Waals surface area contributed by atoms with Crippen molar-refractivity contribution in [2.75, 3.05) is 26.7 Å². The Balaban J connectivity index is 1.76. The number of piperidine rings is 1. The van der Waals surface area contributed by atoms with E-state index in [1.807, 2.05) is 37.9 Å². The van der Waals surface area contributed by atoms with Crippen LogP contribution in [-0.4, -0.2) is 59.4 Å². The molecule has 0 saturated carbocycles. The van der Waals surface area contributed by atoms with Crippen LogP contribution in [0.3, 0.4) is 0 Å². The van der Waals surface area contributed by atoms with Gasteiger partial charge >= 0.3 is 6.03 Å². The Kier molecular flexibility index (Phi) is 6.58. The first-order valence-electron chi connectivity index (χ1n) is 8.66. The number of pyridine rings is 1. The van der Waals surface area contributed by atoms with E-state index in [0.717, 1.165) is 19.3 Å². The van der Waals surface area contributed by atoms with Crippen LogP contribution < -0.4 is 5.32 Å². The van der Waals surface area contributed by atoms with E-state index in [9.17, 15) is 9.59 Å². The van der Waals surface area contributed by atoms with Crippen molar-refractivity contribution in [1.82, 2.24) is 20.1 Å². The topological polar surface area (TPSA) is 65.5 Å². The number of carbonyl (C=O) groups is 2. The second-order valence-electron chi connectivity index (χ2n) is 6.73. The van der Waals surface area contributed by atoms with Crippen LogP contribution in [0.2, 0.25) is 0 Å². The van der Waals surface area contributed by atoms with Crippen molar-refractivity contribution in [2.24, 2.45) is 5.92 Å². The largest absolute Gasteiger partial charge is 0.345 e. The normalized spacial score (nSPS) is 15.4. The average molecular weight is 332 g/mol. The van der Waals surface area contributed by atoms with E-state index < -0.39 is 0 Å². The molecule has 0 atom stereocenters. The van der Waals surface area contributed by atoms with Crippen LogP contribution in [-0.2, 0) is 11.2 Å². The van der Waals surface area contributed by atoms with Crippen molar-refractivity contribution in [1.29, 1.82) is 0 Å². The van der Waals surface area contributed by atoms with Gasteiger partial charge in [0, 0.05) is 51.0 Å². The lowest BCUT2D eigenvalue weighted by molar-refractivity contribution is -0.135. The number of aromatic nitrogens is 1. The minimum Gasteiger partial charge on any atom is -0.345 e. The Morgan fingerprint density at radius 2 is 1.92 bits per heavy atom. The first-order chi connectivity index (χ1) is 11.5. The molecule has 0 unspecified atom stereocenters. The predicted molar refractivity (Wildman–Crippen MR) is 93.5 cm³/mol. The van der Waals surface area contributed by atoms with Gasteiger partial charge in [0.25, 0.3) is 0 Å². The van der Waals surface area contributed by atoms with Crippen molar-refractivity contribution < 1.29 is 9.59 Å². The third-order valence-electron chi connectivity index (χ3n) is 4.41. The lowest BCUT2D eigenvalue weighted by Crippen LogP contribution is -2.48. The zero-order valence-corrected chi connectivity index (χ0v) is 14.9. The first kappa shape index (κ1) is 18.2. The highest BCUT2D eigenvalue weighted by Crippen LogP contribution is 2.19. The van der Waals surface area contributed by atoms with E-state index >= 15 is 0 Å². The molecule has 0 bridgehead atoms. The molecule has 6 heteroatoms. The fraction of sp³-hybridized carbons (Fsp3) is 0.611. The minimum atomic E-state index is -0.0260. The SMILES string of the molecule is CC(C)NC(=O)N1CCC(C(=O)N(C)CCc2ccncc2)CC1. The summed E-state index contributed by atoms with van der Waals surface area (Å²) in [6, 6.07) is 4.06. The molecule has 1 fully saturated rings. The standard InChI is InChI=1S/C18H28N4O2/c1-14(2)20-18(24)22-12-7-16(8-13-22)17(23)21(3)11-6-15-4-9-19-10-5-15/h4-5,9-10,14,16H,6-8,11-13H2,1-3H3,(H,20,24). The molecule has 132 valence electrons. The number of urea groups is 1. The maximum Gasteiger partial charge on any atom is 0.317 e. The van der Waals surface area contributed by atoms with Crippen molar-refractivity contribution in [3.8, 4) is 0 Å². The van der Waals surface area contributed by atoms with Gasteiger partial charge < -0.3 is 15.1 Å². The molecule has 1 N–H and O–H groups in total. The number of hydrogen-bond acceptors (Lipinski definition) is 3. The van der Waals surface area contributed by atoms with Crippen molar-refractivity contribution in [2.45, 2.75) is 39.2 Å². The van der Waals surface area contributed by atoms with Crippen LogP contribution in [0.15, 0.2) is 24.5 Å². The molecule has 1 aromatic rings. The molecule has 0 aliphatic carbocycles. The van der Waals surface area contributed by atoms with Crippen molar-refractivity contribution >= 4 is 11.9 Å². The van der Waals surface area contributed by atoms with Crippen LogP contribution in [0.1, 0.15) is 32.3 Å². The van der Waals surface area contributed by atoms with Gasteiger partial charge in [-0.3, -0.25) is 9.78 Å².